The summed E-state index contributed by atoms with van der Waals surface area (Å²) in [4.78, 5) is 0. The highest BCUT2D eigenvalue weighted by Crippen LogP contribution is 2.66. The summed E-state index contributed by atoms with van der Waals surface area (Å²) < 4.78 is 5.60. The zero-order valence-corrected chi connectivity index (χ0v) is 13.8. The molecule has 0 aromatic heterocycles. The first-order valence-corrected chi connectivity index (χ1v) is 8.82. The molecule has 5 rings (SSSR count). The number of alkyl halides is 1. The van der Waals surface area contributed by atoms with Crippen LogP contribution in [0.1, 0.15) is 55.0 Å². The SMILES string of the molecule is COc1ccc(C)cc1C(Cl)C12CC3CC(CC(C3)C1)C2. The van der Waals surface area contributed by atoms with Crippen molar-refractivity contribution in [3.05, 3.63) is 29.3 Å². The second-order valence-corrected chi connectivity index (χ2v) is 8.32. The smallest absolute Gasteiger partial charge is 0.123 e. The fourth-order valence-electron chi connectivity index (χ4n) is 5.87. The largest absolute Gasteiger partial charge is 0.496 e. The molecule has 4 fully saturated rings. The molecule has 1 aromatic carbocycles. The van der Waals surface area contributed by atoms with Gasteiger partial charge in [-0.15, -0.1) is 11.6 Å². The topological polar surface area (TPSA) is 9.23 Å². The summed E-state index contributed by atoms with van der Waals surface area (Å²) in [6, 6.07) is 6.45. The molecule has 4 aliphatic carbocycles. The van der Waals surface area contributed by atoms with Crippen LogP contribution in [0.15, 0.2) is 18.2 Å². The Morgan fingerprint density at radius 2 is 1.67 bits per heavy atom. The number of rotatable bonds is 3. The van der Waals surface area contributed by atoms with Crippen LogP contribution in [-0.2, 0) is 0 Å². The van der Waals surface area contributed by atoms with Crippen LogP contribution >= 0.6 is 11.6 Å². The Morgan fingerprint density at radius 1 is 1.10 bits per heavy atom. The first-order valence-electron chi connectivity index (χ1n) is 8.38. The lowest BCUT2D eigenvalue weighted by Gasteiger charge is -2.58. The van der Waals surface area contributed by atoms with Gasteiger partial charge in [0.15, 0.2) is 0 Å². The van der Waals surface area contributed by atoms with Crippen molar-refractivity contribution in [3.8, 4) is 5.75 Å². The minimum atomic E-state index is 0.112. The average Bonchev–Trinajstić information content (AvgIpc) is 2.45. The highest BCUT2D eigenvalue weighted by Gasteiger charge is 2.54. The fourth-order valence-corrected chi connectivity index (χ4v) is 6.31. The average molecular weight is 305 g/mol. The number of hydrogen-bond acceptors (Lipinski definition) is 1. The Balaban J connectivity index is 1.71. The normalized spacial score (nSPS) is 38.5. The van der Waals surface area contributed by atoms with Crippen molar-refractivity contribution in [1.29, 1.82) is 0 Å². The van der Waals surface area contributed by atoms with Gasteiger partial charge in [0.25, 0.3) is 0 Å². The van der Waals surface area contributed by atoms with Gasteiger partial charge in [0.05, 0.1) is 12.5 Å². The molecule has 0 spiro atoms. The van der Waals surface area contributed by atoms with Crippen molar-refractivity contribution < 1.29 is 4.74 Å². The van der Waals surface area contributed by atoms with Crippen molar-refractivity contribution in [2.45, 2.75) is 50.8 Å². The van der Waals surface area contributed by atoms with Crippen molar-refractivity contribution in [2.75, 3.05) is 7.11 Å². The molecule has 2 heteroatoms. The van der Waals surface area contributed by atoms with Gasteiger partial charge in [0.1, 0.15) is 5.75 Å². The number of benzene rings is 1. The summed E-state index contributed by atoms with van der Waals surface area (Å²) in [5.41, 5.74) is 2.83. The highest BCUT2D eigenvalue weighted by atomic mass is 35.5. The Labute approximate surface area is 133 Å². The Morgan fingerprint density at radius 3 is 2.19 bits per heavy atom. The molecule has 0 saturated heterocycles. The third-order valence-corrected chi connectivity index (χ3v) is 6.98. The second-order valence-electron chi connectivity index (χ2n) is 7.89. The summed E-state index contributed by atoms with van der Waals surface area (Å²) >= 11 is 7.10. The van der Waals surface area contributed by atoms with Gasteiger partial charge in [-0.1, -0.05) is 17.7 Å². The van der Waals surface area contributed by atoms with Gasteiger partial charge in [0.2, 0.25) is 0 Å². The van der Waals surface area contributed by atoms with Crippen LogP contribution in [0, 0.1) is 30.1 Å². The minimum absolute atomic E-state index is 0.112. The molecular formula is C19H25ClO. The van der Waals surface area contributed by atoms with E-state index in [0.717, 1.165) is 23.5 Å². The van der Waals surface area contributed by atoms with Crippen LogP contribution in [0.25, 0.3) is 0 Å². The summed E-state index contributed by atoms with van der Waals surface area (Å²) in [5, 5.41) is 0.112. The van der Waals surface area contributed by atoms with Crippen LogP contribution < -0.4 is 4.74 Å². The lowest BCUT2D eigenvalue weighted by Crippen LogP contribution is -2.47. The molecule has 4 aliphatic rings. The van der Waals surface area contributed by atoms with Crippen LogP contribution in [-0.4, -0.2) is 7.11 Å². The minimum Gasteiger partial charge on any atom is -0.496 e. The van der Waals surface area contributed by atoms with E-state index >= 15 is 0 Å². The molecule has 0 radical (unpaired) electrons. The molecule has 0 aliphatic heterocycles. The molecule has 114 valence electrons. The summed E-state index contributed by atoms with van der Waals surface area (Å²) in [6.07, 6.45) is 8.41. The van der Waals surface area contributed by atoms with E-state index in [0.29, 0.717) is 5.41 Å². The molecule has 1 aromatic rings. The van der Waals surface area contributed by atoms with Gasteiger partial charge >= 0.3 is 0 Å². The molecule has 1 atom stereocenters. The van der Waals surface area contributed by atoms with E-state index in [9.17, 15) is 0 Å². The summed E-state index contributed by atoms with van der Waals surface area (Å²) in [5.74, 6) is 3.78. The van der Waals surface area contributed by atoms with E-state index in [1.165, 1.54) is 49.7 Å². The van der Waals surface area contributed by atoms with E-state index in [4.69, 9.17) is 16.3 Å². The van der Waals surface area contributed by atoms with Gasteiger partial charge in [0, 0.05) is 5.56 Å². The number of halogens is 1. The van der Waals surface area contributed by atoms with Crippen LogP contribution in [0.2, 0.25) is 0 Å². The van der Waals surface area contributed by atoms with Gasteiger partial charge in [-0.05, 0) is 74.7 Å². The van der Waals surface area contributed by atoms with Gasteiger partial charge in [-0.25, -0.2) is 0 Å². The number of methoxy groups -OCH3 is 1. The number of hydrogen-bond donors (Lipinski definition) is 0. The van der Waals surface area contributed by atoms with E-state index in [-0.39, 0.29) is 5.38 Å². The Kier molecular flexibility index (Phi) is 3.26. The Bertz CT molecular complexity index is 515. The van der Waals surface area contributed by atoms with Gasteiger partial charge < -0.3 is 4.74 Å². The molecular weight excluding hydrogens is 280 g/mol. The van der Waals surface area contributed by atoms with E-state index < -0.39 is 0 Å². The number of ether oxygens (including phenoxy) is 1. The van der Waals surface area contributed by atoms with Crippen molar-refractivity contribution in [3.63, 3.8) is 0 Å². The molecule has 0 heterocycles. The van der Waals surface area contributed by atoms with Crippen LogP contribution in [0.5, 0.6) is 5.75 Å². The predicted octanol–water partition coefficient (Wildman–Crippen LogP) is 5.50. The lowest BCUT2D eigenvalue weighted by molar-refractivity contribution is -0.0554. The first-order chi connectivity index (χ1) is 10.1. The van der Waals surface area contributed by atoms with E-state index in [1.54, 1.807) is 7.11 Å². The predicted molar refractivity (Wildman–Crippen MR) is 86.9 cm³/mol. The van der Waals surface area contributed by atoms with Crippen LogP contribution in [0.3, 0.4) is 0 Å². The maximum Gasteiger partial charge on any atom is 0.123 e. The zero-order valence-electron chi connectivity index (χ0n) is 13.1. The molecule has 21 heavy (non-hydrogen) atoms. The van der Waals surface area contributed by atoms with Crippen molar-refractivity contribution >= 4 is 11.6 Å². The fraction of sp³-hybridized carbons (Fsp3) is 0.684. The lowest BCUT2D eigenvalue weighted by atomic mass is 9.48. The molecule has 0 amide bonds. The summed E-state index contributed by atoms with van der Waals surface area (Å²) in [7, 11) is 1.76. The standard InChI is InChI=1S/C19H25ClO/c1-12-3-4-17(21-2)16(5-12)18(20)19-9-13-6-14(10-19)8-15(7-13)11-19/h3-5,13-15,18H,6-11H2,1-2H3. The van der Waals surface area contributed by atoms with Crippen molar-refractivity contribution in [2.24, 2.45) is 23.2 Å². The van der Waals surface area contributed by atoms with E-state index in [1.807, 2.05) is 0 Å². The second kappa shape index (κ2) is 4.91. The summed E-state index contributed by atoms with van der Waals surface area (Å²) in [6.45, 7) is 2.15. The van der Waals surface area contributed by atoms with Gasteiger partial charge in [-0.2, -0.15) is 0 Å². The third-order valence-electron chi connectivity index (χ3n) is 6.28. The molecule has 4 saturated carbocycles. The third kappa shape index (κ3) is 2.20. The quantitative estimate of drug-likeness (QED) is 0.670. The van der Waals surface area contributed by atoms with Crippen LogP contribution in [0.4, 0.5) is 0 Å². The number of aryl methyl sites for hydroxylation is 1. The monoisotopic (exact) mass is 304 g/mol. The highest BCUT2D eigenvalue weighted by molar-refractivity contribution is 6.21. The van der Waals surface area contributed by atoms with Gasteiger partial charge in [-0.3, -0.25) is 0 Å². The molecule has 1 unspecified atom stereocenters. The molecule has 0 N–H and O–H groups in total. The first kappa shape index (κ1) is 13.9. The van der Waals surface area contributed by atoms with E-state index in [2.05, 4.69) is 25.1 Å². The maximum absolute atomic E-state index is 7.10. The molecule has 1 nitrogen and oxygen atoms in total. The Hall–Kier alpha value is -0.690. The van der Waals surface area contributed by atoms with Crippen molar-refractivity contribution in [1.82, 2.24) is 0 Å². The zero-order chi connectivity index (χ0) is 14.6. The maximum atomic E-state index is 7.10. The molecule has 4 bridgehead atoms.